The van der Waals surface area contributed by atoms with Gasteiger partial charge in [-0.1, -0.05) is 55.1 Å². The molecule has 4 nitrogen and oxygen atoms in total. The van der Waals surface area contributed by atoms with E-state index in [0.717, 1.165) is 11.1 Å². The third kappa shape index (κ3) is 2.95. The van der Waals surface area contributed by atoms with Crippen LogP contribution in [0.2, 0.25) is 0 Å². The molecule has 1 unspecified atom stereocenters. The van der Waals surface area contributed by atoms with Gasteiger partial charge in [0.15, 0.2) is 0 Å². The lowest BCUT2D eigenvalue weighted by atomic mass is 9.98. The number of amides is 1. The molecule has 2 aromatic carbocycles. The average molecular weight is 321 g/mol. The van der Waals surface area contributed by atoms with Gasteiger partial charge in [0.25, 0.3) is 5.91 Å². The minimum Gasteiger partial charge on any atom is -0.460 e. The van der Waals surface area contributed by atoms with Crippen molar-refractivity contribution in [1.82, 2.24) is 4.90 Å². The fourth-order valence-electron chi connectivity index (χ4n) is 2.96. The van der Waals surface area contributed by atoms with Gasteiger partial charge in [-0.3, -0.25) is 4.79 Å². The van der Waals surface area contributed by atoms with E-state index in [2.05, 4.69) is 6.58 Å². The Bertz CT molecular complexity index is 782. The number of carbonyl (C=O) groups is 2. The van der Waals surface area contributed by atoms with E-state index in [1.165, 1.54) is 0 Å². The molecule has 1 aliphatic rings. The van der Waals surface area contributed by atoms with Crippen LogP contribution < -0.4 is 0 Å². The second kappa shape index (κ2) is 6.71. The van der Waals surface area contributed by atoms with Gasteiger partial charge >= 0.3 is 5.97 Å². The molecule has 1 aliphatic heterocycles. The molecular formula is C20H19NO3. The van der Waals surface area contributed by atoms with Crippen molar-refractivity contribution in [1.29, 1.82) is 0 Å². The molecule has 0 saturated heterocycles. The Kier molecular flexibility index (Phi) is 4.47. The predicted octanol–water partition coefficient (Wildman–Crippen LogP) is 3.35. The van der Waals surface area contributed by atoms with Crippen LogP contribution in [-0.2, 0) is 9.53 Å². The Hall–Kier alpha value is -2.88. The van der Waals surface area contributed by atoms with Crippen molar-refractivity contribution in [3.8, 4) is 0 Å². The van der Waals surface area contributed by atoms with Crippen LogP contribution >= 0.6 is 0 Å². The summed E-state index contributed by atoms with van der Waals surface area (Å²) in [4.78, 5) is 26.1. The van der Waals surface area contributed by atoms with Gasteiger partial charge in [0, 0.05) is 11.1 Å². The Morgan fingerprint density at radius 2 is 1.79 bits per heavy atom. The van der Waals surface area contributed by atoms with Crippen LogP contribution in [0, 0.1) is 0 Å². The molecule has 0 saturated carbocycles. The van der Waals surface area contributed by atoms with E-state index in [4.69, 9.17) is 4.74 Å². The fraction of sp³-hybridized carbons (Fsp3) is 0.200. The lowest BCUT2D eigenvalue weighted by Gasteiger charge is -2.25. The number of ether oxygens (including phenoxy) is 1. The number of fused-ring (bicyclic) bond motifs is 1. The van der Waals surface area contributed by atoms with Crippen molar-refractivity contribution in [3.05, 3.63) is 83.4 Å². The fourth-order valence-corrected chi connectivity index (χ4v) is 2.96. The number of hydrogen-bond donors (Lipinski definition) is 0. The summed E-state index contributed by atoms with van der Waals surface area (Å²) in [5, 5.41) is 0. The van der Waals surface area contributed by atoms with Gasteiger partial charge in [0.2, 0.25) is 0 Å². The van der Waals surface area contributed by atoms with Crippen molar-refractivity contribution in [2.75, 3.05) is 13.2 Å². The first-order chi connectivity index (χ1) is 11.6. The Morgan fingerprint density at radius 1 is 1.12 bits per heavy atom. The SMILES string of the molecule is C=C(C)C(=O)OCCN1C(=O)c2ccccc2C1c1ccccc1. The summed E-state index contributed by atoms with van der Waals surface area (Å²) in [5.41, 5.74) is 3.09. The zero-order valence-electron chi connectivity index (χ0n) is 13.6. The number of benzene rings is 2. The molecule has 0 aromatic heterocycles. The van der Waals surface area contributed by atoms with Gasteiger partial charge in [-0.05, 0) is 24.1 Å². The zero-order valence-corrected chi connectivity index (χ0v) is 13.6. The topological polar surface area (TPSA) is 46.6 Å². The highest BCUT2D eigenvalue weighted by Gasteiger charge is 2.37. The van der Waals surface area contributed by atoms with E-state index in [9.17, 15) is 9.59 Å². The molecule has 0 aliphatic carbocycles. The van der Waals surface area contributed by atoms with Gasteiger partial charge in [-0.15, -0.1) is 0 Å². The number of esters is 1. The second-order valence-corrected chi connectivity index (χ2v) is 5.82. The molecule has 3 rings (SSSR count). The van der Waals surface area contributed by atoms with Crippen molar-refractivity contribution < 1.29 is 14.3 Å². The van der Waals surface area contributed by atoms with Crippen molar-refractivity contribution >= 4 is 11.9 Å². The molecule has 122 valence electrons. The monoisotopic (exact) mass is 321 g/mol. The molecule has 0 N–H and O–H groups in total. The minimum absolute atomic E-state index is 0.0363. The molecule has 0 fully saturated rings. The van der Waals surface area contributed by atoms with Gasteiger partial charge in [-0.2, -0.15) is 0 Å². The van der Waals surface area contributed by atoms with Crippen LogP contribution in [-0.4, -0.2) is 29.9 Å². The van der Waals surface area contributed by atoms with Gasteiger partial charge in [-0.25, -0.2) is 4.79 Å². The summed E-state index contributed by atoms with van der Waals surface area (Å²) in [6, 6.07) is 17.3. The predicted molar refractivity (Wildman–Crippen MR) is 91.5 cm³/mol. The molecule has 2 aromatic rings. The van der Waals surface area contributed by atoms with Gasteiger partial charge in [0.1, 0.15) is 6.61 Å². The molecule has 1 atom stereocenters. The first-order valence-electron chi connectivity index (χ1n) is 7.87. The first-order valence-corrected chi connectivity index (χ1v) is 7.87. The Labute approximate surface area is 141 Å². The van der Waals surface area contributed by atoms with E-state index in [-0.39, 0.29) is 18.6 Å². The average Bonchev–Trinajstić information content (AvgIpc) is 2.88. The molecule has 24 heavy (non-hydrogen) atoms. The smallest absolute Gasteiger partial charge is 0.333 e. The van der Waals surface area contributed by atoms with E-state index in [1.54, 1.807) is 11.8 Å². The summed E-state index contributed by atoms with van der Waals surface area (Å²) in [6.07, 6.45) is 0. The van der Waals surface area contributed by atoms with E-state index in [0.29, 0.717) is 17.7 Å². The lowest BCUT2D eigenvalue weighted by Crippen LogP contribution is -2.32. The quantitative estimate of drug-likeness (QED) is 0.627. The lowest BCUT2D eigenvalue weighted by molar-refractivity contribution is -0.139. The maximum absolute atomic E-state index is 12.8. The van der Waals surface area contributed by atoms with E-state index >= 15 is 0 Å². The maximum Gasteiger partial charge on any atom is 0.333 e. The molecule has 1 heterocycles. The molecule has 0 radical (unpaired) electrons. The van der Waals surface area contributed by atoms with E-state index in [1.807, 2.05) is 54.6 Å². The summed E-state index contributed by atoms with van der Waals surface area (Å²) in [5.74, 6) is -0.471. The summed E-state index contributed by atoms with van der Waals surface area (Å²) in [7, 11) is 0. The number of hydrogen-bond acceptors (Lipinski definition) is 3. The van der Waals surface area contributed by atoms with Crippen LogP contribution in [0.1, 0.15) is 34.5 Å². The van der Waals surface area contributed by atoms with Crippen LogP contribution in [0.4, 0.5) is 0 Å². The van der Waals surface area contributed by atoms with Crippen molar-refractivity contribution in [3.63, 3.8) is 0 Å². The minimum atomic E-state index is -0.435. The number of nitrogens with zero attached hydrogens (tertiary/aromatic N) is 1. The summed E-state index contributed by atoms with van der Waals surface area (Å²) in [6.45, 7) is 5.65. The molecule has 0 spiro atoms. The van der Waals surface area contributed by atoms with Crippen LogP contribution in [0.25, 0.3) is 0 Å². The third-order valence-corrected chi connectivity index (χ3v) is 4.09. The maximum atomic E-state index is 12.8. The number of carbonyl (C=O) groups excluding carboxylic acids is 2. The van der Waals surface area contributed by atoms with Crippen LogP contribution in [0.5, 0.6) is 0 Å². The summed E-state index contributed by atoms with van der Waals surface area (Å²) >= 11 is 0. The highest BCUT2D eigenvalue weighted by Crippen LogP contribution is 2.37. The van der Waals surface area contributed by atoms with Gasteiger partial charge < -0.3 is 9.64 Å². The van der Waals surface area contributed by atoms with Crippen molar-refractivity contribution in [2.24, 2.45) is 0 Å². The molecule has 1 amide bonds. The van der Waals surface area contributed by atoms with E-state index < -0.39 is 5.97 Å². The van der Waals surface area contributed by atoms with Gasteiger partial charge in [0.05, 0.1) is 12.6 Å². The van der Waals surface area contributed by atoms with Crippen molar-refractivity contribution in [2.45, 2.75) is 13.0 Å². The van der Waals surface area contributed by atoms with Crippen LogP contribution in [0.3, 0.4) is 0 Å². The highest BCUT2D eigenvalue weighted by atomic mass is 16.5. The molecular weight excluding hydrogens is 302 g/mol. The van der Waals surface area contributed by atoms with Crippen LogP contribution in [0.15, 0.2) is 66.7 Å². The zero-order chi connectivity index (χ0) is 17.1. The normalized spacial score (nSPS) is 16.0. The standard InChI is InChI=1S/C20H19NO3/c1-14(2)20(23)24-13-12-21-18(15-8-4-3-5-9-15)16-10-6-7-11-17(16)19(21)22/h3-11,18H,1,12-13H2,2H3. The molecule has 4 heteroatoms. The number of rotatable bonds is 5. The highest BCUT2D eigenvalue weighted by molar-refractivity contribution is 5.99. The Balaban J connectivity index is 1.86. The largest absolute Gasteiger partial charge is 0.460 e. The third-order valence-electron chi connectivity index (χ3n) is 4.09. The molecule has 0 bridgehead atoms. The second-order valence-electron chi connectivity index (χ2n) is 5.82. The first kappa shape index (κ1) is 16.0. The summed E-state index contributed by atoms with van der Waals surface area (Å²) < 4.78 is 5.16. The Morgan fingerprint density at radius 3 is 2.50 bits per heavy atom.